The smallest absolute Gasteiger partial charge is 0.134 e. The fraction of sp³-hybridized carbons (Fsp3) is 0.167. The lowest BCUT2D eigenvalue weighted by Gasteiger charge is -2.29. The first kappa shape index (κ1) is 6.96. The van der Waals surface area contributed by atoms with Crippen LogP contribution in [0.3, 0.4) is 0 Å². The third-order valence-electron chi connectivity index (χ3n) is 2.65. The zero-order valence-corrected chi connectivity index (χ0v) is 7.50. The lowest BCUT2D eigenvalue weighted by molar-refractivity contribution is 0.283. The van der Waals surface area contributed by atoms with Crippen molar-refractivity contribution < 1.29 is 4.74 Å². The van der Waals surface area contributed by atoms with E-state index < -0.39 is 0 Å². The summed E-state index contributed by atoms with van der Waals surface area (Å²) in [6.45, 7) is 2.11. The molecular weight excluding hydrogens is 160 g/mol. The highest BCUT2D eigenvalue weighted by molar-refractivity contribution is 5.59. The van der Waals surface area contributed by atoms with Gasteiger partial charge in [0.2, 0.25) is 0 Å². The van der Waals surface area contributed by atoms with Crippen LogP contribution in [0.15, 0.2) is 58.6 Å². The van der Waals surface area contributed by atoms with Gasteiger partial charge in [0, 0.05) is 12.0 Å². The number of hydrogen-bond acceptors (Lipinski definition) is 1. The second-order valence-electron chi connectivity index (χ2n) is 3.55. The van der Waals surface area contributed by atoms with Crippen LogP contribution in [0, 0.1) is 0 Å². The average molecular weight is 170 g/mol. The third kappa shape index (κ3) is 0.872. The highest BCUT2D eigenvalue weighted by atomic mass is 16.5. The van der Waals surface area contributed by atoms with Crippen molar-refractivity contribution in [1.29, 1.82) is 0 Å². The van der Waals surface area contributed by atoms with Crippen molar-refractivity contribution in [3.63, 3.8) is 0 Å². The van der Waals surface area contributed by atoms with Crippen LogP contribution in [0.1, 0.15) is 13.3 Å². The zero-order chi connectivity index (χ0) is 8.84. The number of allylic oxidation sites excluding steroid dienone is 8. The zero-order valence-electron chi connectivity index (χ0n) is 7.50. The first-order valence-electron chi connectivity index (χ1n) is 4.52. The molecule has 4 bridgehead atoms. The second-order valence-corrected chi connectivity index (χ2v) is 3.55. The van der Waals surface area contributed by atoms with Crippen molar-refractivity contribution in [2.24, 2.45) is 0 Å². The first-order chi connectivity index (χ1) is 6.34. The van der Waals surface area contributed by atoms with Gasteiger partial charge in [-0.2, -0.15) is 0 Å². The van der Waals surface area contributed by atoms with Crippen molar-refractivity contribution in [1.82, 2.24) is 0 Å². The predicted octanol–water partition coefficient (Wildman–Crippen LogP) is 3.00. The Morgan fingerprint density at radius 1 is 1.23 bits per heavy atom. The largest absolute Gasteiger partial charge is 0.460 e. The van der Waals surface area contributed by atoms with Crippen LogP contribution in [0.5, 0.6) is 0 Å². The monoisotopic (exact) mass is 170 g/mol. The molecule has 0 aromatic rings. The quantitative estimate of drug-likeness (QED) is 0.543. The number of rotatable bonds is 0. The Labute approximate surface area is 77.4 Å². The molecule has 64 valence electrons. The Kier molecular flexibility index (Phi) is 1.21. The van der Waals surface area contributed by atoms with Gasteiger partial charge in [0.05, 0.1) is 0 Å². The van der Waals surface area contributed by atoms with Crippen LogP contribution in [0.2, 0.25) is 0 Å². The molecule has 1 saturated heterocycles. The molecule has 0 aromatic heterocycles. The Balaban J connectivity index is 2.25. The van der Waals surface area contributed by atoms with E-state index in [4.69, 9.17) is 4.74 Å². The first-order valence-corrected chi connectivity index (χ1v) is 4.52. The molecule has 0 radical (unpaired) electrons. The van der Waals surface area contributed by atoms with Gasteiger partial charge in [0.15, 0.2) is 0 Å². The second kappa shape index (κ2) is 2.25. The van der Waals surface area contributed by atoms with Gasteiger partial charge in [0.1, 0.15) is 11.5 Å². The van der Waals surface area contributed by atoms with E-state index in [1.807, 2.05) is 12.2 Å². The van der Waals surface area contributed by atoms with Crippen LogP contribution < -0.4 is 0 Å². The van der Waals surface area contributed by atoms with Gasteiger partial charge in [-0.3, -0.25) is 0 Å². The molecule has 4 rings (SSSR count). The molecule has 0 aromatic carbocycles. The van der Waals surface area contributed by atoms with Gasteiger partial charge in [-0.25, -0.2) is 0 Å². The standard InChI is InChI=1S/C12H10O/c1-8-6-10-9-4-2-3-5-11(10)13-12(8)7-9/h2-6H,7H2,1H3. The van der Waals surface area contributed by atoms with Gasteiger partial charge >= 0.3 is 0 Å². The maximum atomic E-state index is 5.73. The van der Waals surface area contributed by atoms with Gasteiger partial charge < -0.3 is 4.74 Å². The number of hydrogen-bond donors (Lipinski definition) is 0. The minimum Gasteiger partial charge on any atom is -0.460 e. The van der Waals surface area contributed by atoms with E-state index in [-0.39, 0.29) is 0 Å². The van der Waals surface area contributed by atoms with Crippen molar-refractivity contribution in [3.8, 4) is 0 Å². The molecule has 0 saturated carbocycles. The van der Waals surface area contributed by atoms with Crippen LogP contribution >= 0.6 is 0 Å². The van der Waals surface area contributed by atoms with Gasteiger partial charge in [-0.05, 0) is 30.2 Å². The van der Waals surface area contributed by atoms with E-state index in [2.05, 4.69) is 25.2 Å². The lowest BCUT2D eigenvalue weighted by Crippen LogP contribution is -2.13. The van der Waals surface area contributed by atoms with E-state index in [9.17, 15) is 0 Å². The summed E-state index contributed by atoms with van der Waals surface area (Å²) in [5, 5.41) is 0. The average Bonchev–Trinajstić information content (AvgIpc) is 2.28. The summed E-state index contributed by atoms with van der Waals surface area (Å²) in [7, 11) is 0. The summed E-state index contributed by atoms with van der Waals surface area (Å²) < 4.78 is 5.73. The Morgan fingerprint density at radius 2 is 2.08 bits per heavy atom. The van der Waals surface area contributed by atoms with Crippen molar-refractivity contribution >= 4 is 0 Å². The van der Waals surface area contributed by atoms with E-state index in [1.54, 1.807) is 0 Å². The van der Waals surface area contributed by atoms with Crippen LogP contribution in [-0.4, -0.2) is 0 Å². The van der Waals surface area contributed by atoms with Crippen LogP contribution in [0.4, 0.5) is 0 Å². The lowest BCUT2D eigenvalue weighted by atomic mass is 9.89. The van der Waals surface area contributed by atoms with E-state index in [1.165, 1.54) is 16.7 Å². The Morgan fingerprint density at radius 3 is 2.92 bits per heavy atom. The molecule has 13 heavy (non-hydrogen) atoms. The molecule has 1 nitrogen and oxygen atoms in total. The van der Waals surface area contributed by atoms with E-state index in [0.717, 1.165) is 17.9 Å². The predicted molar refractivity (Wildman–Crippen MR) is 51.8 cm³/mol. The van der Waals surface area contributed by atoms with E-state index >= 15 is 0 Å². The maximum Gasteiger partial charge on any atom is 0.134 e. The normalized spacial score (nSPS) is 23.3. The molecule has 0 N–H and O–H groups in total. The molecule has 0 spiro atoms. The van der Waals surface area contributed by atoms with Gasteiger partial charge in [-0.1, -0.05) is 18.2 Å². The third-order valence-corrected chi connectivity index (χ3v) is 2.65. The minimum absolute atomic E-state index is 0.958. The molecular formula is C12H10O. The fourth-order valence-corrected chi connectivity index (χ4v) is 1.92. The minimum atomic E-state index is 0.958. The maximum absolute atomic E-state index is 5.73. The Bertz CT molecular complexity index is 398. The molecule has 2 heterocycles. The molecule has 0 unspecified atom stereocenters. The molecule has 2 aliphatic carbocycles. The molecule has 0 amide bonds. The van der Waals surface area contributed by atoms with Crippen molar-refractivity contribution in [2.45, 2.75) is 13.3 Å². The van der Waals surface area contributed by atoms with E-state index in [0.29, 0.717) is 0 Å². The summed E-state index contributed by atoms with van der Waals surface area (Å²) >= 11 is 0. The number of ether oxygens (including phenoxy) is 1. The summed E-state index contributed by atoms with van der Waals surface area (Å²) in [5.74, 6) is 2.11. The molecule has 1 heteroatoms. The highest BCUT2D eigenvalue weighted by Crippen LogP contribution is 2.42. The van der Waals surface area contributed by atoms with Gasteiger partial charge in [-0.15, -0.1) is 0 Å². The summed E-state index contributed by atoms with van der Waals surface area (Å²) in [6, 6.07) is 0. The highest BCUT2D eigenvalue weighted by Gasteiger charge is 2.27. The Hall–Kier alpha value is -1.50. The fourth-order valence-electron chi connectivity index (χ4n) is 1.92. The van der Waals surface area contributed by atoms with Gasteiger partial charge in [0.25, 0.3) is 0 Å². The van der Waals surface area contributed by atoms with Crippen LogP contribution in [0.25, 0.3) is 0 Å². The SMILES string of the molecule is CC1=C2CC3=CC=CC=C(O2)C3=C1. The van der Waals surface area contributed by atoms with Crippen molar-refractivity contribution in [2.75, 3.05) is 0 Å². The summed E-state index contributed by atoms with van der Waals surface area (Å²) in [4.78, 5) is 0. The number of fused-ring (bicyclic) bond motifs is 1. The summed E-state index contributed by atoms with van der Waals surface area (Å²) in [6.07, 6.45) is 11.5. The topological polar surface area (TPSA) is 9.23 Å². The molecule has 4 aliphatic rings. The molecule has 0 atom stereocenters. The summed E-state index contributed by atoms with van der Waals surface area (Å²) in [5.41, 5.74) is 3.91. The molecule has 2 aliphatic heterocycles. The molecule has 1 fully saturated rings. The van der Waals surface area contributed by atoms with Crippen LogP contribution in [-0.2, 0) is 4.74 Å². The van der Waals surface area contributed by atoms with Crippen molar-refractivity contribution in [3.05, 3.63) is 58.6 Å².